The third-order valence-corrected chi connectivity index (χ3v) is 3.87. The van der Waals surface area contributed by atoms with Crippen molar-refractivity contribution >= 4 is 56.1 Å². The van der Waals surface area contributed by atoms with Crippen LogP contribution in [0.4, 0.5) is 0 Å². The van der Waals surface area contributed by atoms with Crippen molar-refractivity contribution in [2.24, 2.45) is 0 Å². The van der Waals surface area contributed by atoms with Crippen molar-refractivity contribution in [1.29, 1.82) is 0 Å². The Hall–Kier alpha value is -0.487. The first-order chi connectivity index (χ1) is 8.08. The van der Waals surface area contributed by atoms with Gasteiger partial charge in [0.25, 0.3) is 0 Å². The van der Waals surface area contributed by atoms with E-state index in [1.807, 2.05) is 24.3 Å². The Balaban J connectivity index is 0.00000162. The number of thiocarbonyl (C=S) groups is 2. The average molecular weight is 347 g/mol. The second-order valence-electron chi connectivity index (χ2n) is 3.47. The summed E-state index contributed by atoms with van der Waals surface area (Å²) < 4.78 is 0.973. The van der Waals surface area contributed by atoms with Gasteiger partial charge in [-0.15, -0.1) is 35.8 Å². The summed E-state index contributed by atoms with van der Waals surface area (Å²) in [6, 6.07) is 7.54. The number of hydrogen-bond donors (Lipinski definition) is 0. The third kappa shape index (κ3) is 3.51. The molecule has 1 heterocycles. The minimum absolute atomic E-state index is 0. The summed E-state index contributed by atoms with van der Waals surface area (Å²) in [5.41, 5.74) is 0.811. The molecular formula is C11H7NO2S3Zn. The molecule has 1 atom stereocenters. The largest absolute Gasteiger partial charge is 2.00 e. The van der Waals surface area contributed by atoms with Crippen LogP contribution in [0.15, 0.2) is 24.3 Å². The van der Waals surface area contributed by atoms with Gasteiger partial charge in [0, 0.05) is 5.92 Å². The number of fused-ring (bicyclic) bond motifs is 1. The molecule has 88 valence electrons. The van der Waals surface area contributed by atoms with Crippen LogP contribution < -0.4 is 10.2 Å². The standard InChI is InChI=1S/C11H9NO2S3.Zn/c13-9(15)5-6(11(14)16)10-12-7-3-1-2-4-8(7)17-10;/h1-4,6H,5H2,(H,13,15)(H,14,16);/q;+2/p-2. The molecule has 0 fully saturated rings. The Morgan fingerprint density at radius 3 is 2.50 bits per heavy atom. The number of para-hydroxylation sites is 1. The molecule has 2 aromatic rings. The van der Waals surface area contributed by atoms with Crippen molar-refractivity contribution in [2.45, 2.75) is 12.3 Å². The van der Waals surface area contributed by atoms with Crippen molar-refractivity contribution in [3.63, 3.8) is 0 Å². The van der Waals surface area contributed by atoms with E-state index < -0.39 is 16.0 Å². The SMILES string of the molecule is [O-]C(=S)CC(C([O-])=S)c1nc2ccccc2s1.[Zn+2]. The number of thiazole rings is 1. The van der Waals surface area contributed by atoms with Gasteiger partial charge in [-0.05, 0) is 18.6 Å². The van der Waals surface area contributed by atoms with Gasteiger partial charge in [-0.2, -0.15) is 0 Å². The molecule has 3 nitrogen and oxygen atoms in total. The summed E-state index contributed by atoms with van der Waals surface area (Å²) in [6.45, 7) is 0. The number of rotatable bonds is 4. The zero-order valence-electron chi connectivity index (χ0n) is 9.29. The van der Waals surface area contributed by atoms with Crippen LogP contribution in [0, 0.1) is 0 Å². The van der Waals surface area contributed by atoms with E-state index in [2.05, 4.69) is 29.4 Å². The van der Waals surface area contributed by atoms with Crippen LogP contribution in [-0.4, -0.2) is 15.1 Å². The van der Waals surface area contributed by atoms with E-state index in [1.165, 1.54) is 11.3 Å². The van der Waals surface area contributed by atoms with Crippen LogP contribution in [0.5, 0.6) is 0 Å². The predicted octanol–water partition coefficient (Wildman–Crippen LogP) is 1.14. The molecular weight excluding hydrogens is 340 g/mol. The molecule has 0 amide bonds. The molecule has 18 heavy (non-hydrogen) atoms. The molecule has 1 aromatic carbocycles. The monoisotopic (exact) mass is 345 g/mol. The van der Waals surface area contributed by atoms with Crippen molar-refractivity contribution in [2.75, 3.05) is 0 Å². The molecule has 0 aliphatic rings. The van der Waals surface area contributed by atoms with E-state index in [1.54, 1.807) is 0 Å². The van der Waals surface area contributed by atoms with Gasteiger partial charge in [-0.3, -0.25) is 0 Å². The van der Waals surface area contributed by atoms with E-state index in [9.17, 15) is 10.2 Å². The first-order valence-electron chi connectivity index (χ1n) is 4.84. The van der Waals surface area contributed by atoms with Gasteiger partial charge in [-0.1, -0.05) is 22.2 Å². The van der Waals surface area contributed by atoms with Crippen molar-refractivity contribution in [3.8, 4) is 0 Å². The van der Waals surface area contributed by atoms with Crippen LogP contribution in [0.1, 0.15) is 17.3 Å². The molecule has 0 aliphatic carbocycles. The molecule has 0 bridgehead atoms. The number of hydrogen-bond acceptors (Lipinski definition) is 6. The van der Waals surface area contributed by atoms with Crippen LogP contribution in [0.25, 0.3) is 10.2 Å². The molecule has 2 rings (SSSR count). The topological polar surface area (TPSA) is 59.0 Å². The summed E-state index contributed by atoms with van der Waals surface area (Å²) in [5, 5.41) is 21.9. The molecule has 0 saturated heterocycles. The second kappa shape index (κ2) is 6.61. The fourth-order valence-electron chi connectivity index (χ4n) is 1.48. The van der Waals surface area contributed by atoms with E-state index in [0.717, 1.165) is 10.2 Å². The maximum atomic E-state index is 11.3. The minimum atomic E-state index is -0.674. The number of benzene rings is 1. The van der Waals surface area contributed by atoms with Gasteiger partial charge in [0.1, 0.15) is 5.01 Å². The van der Waals surface area contributed by atoms with E-state index in [4.69, 9.17) is 0 Å². The van der Waals surface area contributed by atoms with Gasteiger partial charge < -0.3 is 10.2 Å². The molecule has 0 saturated carbocycles. The quantitative estimate of drug-likeness (QED) is 0.614. The zero-order valence-corrected chi connectivity index (χ0v) is 14.7. The maximum Gasteiger partial charge on any atom is 2.00 e. The van der Waals surface area contributed by atoms with E-state index in [-0.39, 0.29) is 25.9 Å². The Kier molecular flexibility index (Phi) is 5.72. The first kappa shape index (κ1) is 15.6. The Bertz CT molecular complexity index is 551. The summed E-state index contributed by atoms with van der Waals surface area (Å²) in [7, 11) is 0. The summed E-state index contributed by atoms with van der Waals surface area (Å²) in [4.78, 5) is 4.32. The van der Waals surface area contributed by atoms with Gasteiger partial charge in [0.15, 0.2) is 0 Å². The van der Waals surface area contributed by atoms with Gasteiger partial charge in [-0.25, -0.2) is 4.98 Å². The van der Waals surface area contributed by atoms with Crippen LogP contribution in [0.2, 0.25) is 0 Å². The molecule has 0 radical (unpaired) electrons. The molecule has 0 spiro atoms. The van der Waals surface area contributed by atoms with Gasteiger partial charge >= 0.3 is 19.5 Å². The smallest absolute Gasteiger partial charge is 0.867 e. The van der Waals surface area contributed by atoms with Gasteiger partial charge in [0.2, 0.25) is 0 Å². The molecule has 0 aliphatic heterocycles. The summed E-state index contributed by atoms with van der Waals surface area (Å²) >= 11 is 10.5. The average Bonchev–Trinajstić information content (AvgIpc) is 2.68. The molecule has 1 aromatic heterocycles. The molecule has 1 unspecified atom stereocenters. The van der Waals surface area contributed by atoms with Crippen LogP contribution in [-0.2, 0) is 19.5 Å². The minimum Gasteiger partial charge on any atom is -0.867 e. The fourth-order valence-corrected chi connectivity index (χ4v) is 2.98. The molecule has 0 N–H and O–H groups in total. The second-order valence-corrected chi connectivity index (χ2v) is 5.39. The van der Waals surface area contributed by atoms with Crippen LogP contribution >= 0.6 is 35.8 Å². The predicted molar refractivity (Wildman–Crippen MR) is 72.2 cm³/mol. The Labute approximate surface area is 132 Å². The Morgan fingerprint density at radius 2 is 1.94 bits per heavy atom. The van der Waals surface area contributed by atoms with Gasteiger partial charge in [0.05, 0.1) is 10.2 Å². The first-order valence-corrected chi connectivity index (χ1v) is 6.47. The zero-order chi connectivity index (χ0) is 12.4. The van der Waals surface area contributed by atoms with Crippen molar-refractivity contribution in [3.05, 3.63) is 29.3 Å². The maximum absolute atomic E-state index is 11.3. The summed E-state index contributed by atoms with van der Waals surface area (Å²) in [6.07, 6.45) is -0.0442. The molecule has 7 heteroatoms. The summed E-state index contributed by atoms with van der Waals surface area (Å²) in [5.74, 6) is -0.674. The normalized spacial score (nSPS) is 11.8. The fraction of sp³-hybridized carbons (Fsp3) is 0.182. The number of aromatic nitrogens is 1. The van der Waals surface area contributed by atoms with E-state index >= 15 is 0 Å². The van der Waals surface area contributed by atoms with Crippen molar-refractivity contribution < 1.29 is 29.7 Å². The Morgan fingerprint density at radius 1 is 1.28 bits per heavy atom. The number of nitrogens with zero attached hydrogens (tertiary/aromatic N) is 1. The van der Waals surface area contributed by atoms with Crippen molar-refractivity contribution in [1.82, 2.24) is 4.98 Å². The van der Waals surface area contributed by atoms with Crippen LogP contribution in [0.3, 0.4) is 0 Å². The van der Waals surface area contributed by atoms with E-state index in [0.29, 0.717) is 5.01 Å². The third-order valence-electron chi connectivity index (χ3n) is 2.26.